The molecular weight excluding hydrogens is 406 g/mol. The second-order valence-electron chi connectivity index (χ2n) is 8.81. The molecule has 158 valence electrons. The van der Waals surface area contributed by atoms with Crippen LogP contribution in [0.4, 0.5) is 5.13 Å². The Morgan fingerprint density at radius 1 is 1.38 bits per heavy atom. The molecular formula is C22H30ClN3O2S. The summed E-state index contributed by atoms with van der Waals surface area (Å²) < 4.78 is 0. The molecule has 0 aliphatic carbocycles. The number of aromatic nitrogens is 1. The lowest BCUT2D eigenvalue weighted by atomic mass is 9.70. The summed E-state index contributed by atoms with van der Waals surface area (Å²) >= 11 is 7.47. The number of carbonyl (C=O) groups is 1. The van der Waals surface area contributed by atoms with E-state index in [0.717, 1.165) is 18.0 Å². The summed E-state index contributed by atoms with van der Waals surface area (Å²) in [6.45, 7) is 9.91. The lowest BCUT2D eigenvalue weighted by Crippen LogP contribution is -2.53. The number of halogens is 1. The lowest BCUT2D eigenvalue weighted by Gasteiger charge is -2.45. The summed E-state index contributed by atoms with van der Waals surface area (Å²) in [4.78, 5) is 19.7. The lowest BCUT2D eigenvalue weighted by molar-refractivity contribution is -0.136. The number of rotatable bonds is 6. The smallest absolute Gasteiger partial charge is 0.245 e. The quantitative estimate of drug-likeness (QED) is 0.686. The Hall–Kier alpha value is -1.63. The van der Waals surface area contributed by atoms with Gasteiger partial charge in [-0.1, -0.05) is 51.4 Å². The predicted octanol–water partition coefficient (Wildman–Crippen LogP) is 4.77. The number of thiazole rings is 1. The molecule has 7 heteroatoms. The minimum atomic E-state index is -0.337. The average Bonchev–Trinajstić information content (AvgIpc) is 3.13. The molecule has 2 atom stereocenters. The molecule has 0 saturated carbocycles. The molecule has 29 heavy (non-hydrogen) atoms. The number of piperidine rings is 1. The number of nitrogens with zero attached hydrogens (tertiary/aromatic N) is 2. The van der Waals surface area contributed by atoms with Crippen molar-refractivity contribution in [1.82, 2.24) is 9.88 Å². The Morgan fingerprint density at radius 3 is 2.62 bits per heavy atom. The van der Waals surface area contributed by atoms with E-state index in [-0.39, 0.29) is 29.9 Å². The zero-order valence-electron chi connectivity index (χ0n) is 17.5. The van der Waals surface area contributed by atoms with Crippen LogP contribution in [-0.2, 0) is 11.4 Å². The number of nitrogens with one attached hydrogen (secondary N) is 1. The van der Waals surface area contributed by atoms with Gasteiger partial charge in [0.05, 0.1) is 12.3 Å². The van der Waals surface area contributed by atoms with E-state index in [1.807, 2.05) is 36.3 Å². The van der Waals surface area contributed by atoms with Crippen LogP contribution in [0, 0.1) is 11.3 Å². The summed E-state index contributed by atoms with van der Waals surface area (Å²) in [5, 5.41) is 15.8. The van der Waals surface area contributed by atoms with Crippen molar-refractivity contribution in [2.75, 3.05) is 18.4 Å². The van der Waals surface area contributed by atoms with Gasteiger partial charge in [-0.25, -0.2) is 4.98 Å². The number of aliphatic hydroxyl groups excluding tert-OH is 1. The molecule has 1 aliphatic heterocycles. The van der Waals surface area contributed by atoms with Gasteiger partial charge < -0.3 is 15.3 Å². The van der Waals surface area contributed by atoms with Crippen molar-refractivity contribution in [2.45, 2.75) is 52.7 Å². The zero-order chi connectivity index (χ0) is 21.2. The molecule has 0 spiro atoms. The molecule has 2 heterocycles. The molecule has 1 aromatic heterocycles. The normalized spacial score (nSPS) is 20.0. The first-order valence-electron chi connectivity index (χ1n) is 10.1. The van der Waals surface area contributed by atoms with E-state index < -0.39 is 0 Å². The van der Waals surface area contributed by atoms with Gasteiger partial charge in [0.1, 0.15) is 6.04 Å². The van der Waals surface area contributed by atoms with Crippen molar-refractivity contribution in [3.05, 3.63) is 45.9 Å². The first-order valence-corrected chi connectivity index (χ1v) is 11.3. The predicted molar refractivity (Wildman–Crippen MR) is 119 cm³/mol. The monoisotopic (exact) mass is 435 g/mol. The van der Waals surface area contributed by atoms with Crippen LogP contribution in [0.3, 0.4) is 0 Å². The van der Waals surface area contributed by atoms with Gasteiger partial charge in [-0.2, -0.15) is 0 Å². The Kier molecular flexibility index (Phi) is 6.87. The Morgan fingerprint density at radius 2 is 2.07 bits per heavy atom. The third kappa shape index (κ3) is 5.11. The van der Waals surface area contributed by atoms with Crippen LogP contribution < -0.4 is 5.32 Å². The Balaban J connectivity index is 1.72. The second-order valence-corrected chi connectivity index (χ2v) is 10.1. The van der Waals surface area contributed by atoms with Gasteiger partial charge in [0.25, 0.3) is 0 Å². The van der Waals surface area contributed by atoms with Crippen LogP contribution in [0.2, 0.25) is 5.02 Å². The molecule has 3 rings (SSSR count). The standard InChI is InChI=1S/C22H30ClN3O2S/c1-14(2)19(25-21-24-17(11-27)12-29-21)20(28)26-10-9-18(22(3,4)13-26)15-5-7-16(23)8-6-15/h5-8,12,14,18-19,27H,9-11,13H2,1-4H3,(H,24,25)/t18?,19-/m1/s1. The van der Waals surface area contributed by atoms with E-state index >= 15 is 0 Å². The molecule has 2 aromatic rings. The molecule has 0 radical (unpaired) electrons. The number of amides is 1. The van der Waals surface area contributed by atoms with Crippen LogP contribution in [0.1, 0.15) is 51.3 Å². The highest BCUT2D eigenvalue weighted by atomic mass is 35.5. The van der Waals surface area contributed by atoms with Crippen LogP contribution in [0.25, 0.3) is 0 Å². The van der Waals surface area contributed by atoms with Crippen LogP contribution >= 0.6 is 22.9 Å². The minimum absolute atomic E-state index is 0.0332. The van der Waals surface area contributed by atoms with Gasteiger partial charge in [-0.3, -0.25) is 4.79 Å². The second kappa shape index (κ2) is 9.02. The first kappa shape index (κ1) is 22.1. The van der Waals surface area contributed by atoms with E-state index in [4.69, 9.17) is 11.6 Å². The van der Waals surface area contributed by atoms with Crippen molar-refractivity contribution < 1.29 is 9.90 Å². The largest absolute Gasteiger partial charge is 0.390 e. The average molecular weight is 436 g/mol. The van der Waals surface area contributed by atoms with Gasteiger partial charge in [-0.05, 0) is 41.4 Å². The van der Waals surface area contributed by atoms with Crippen molar-refractivity contribution >= 4 is 34.0 Å². The summed E-state index contributed by atoms with van der Waals surface area (Å²) in [5.41, 5.74) is 1.87. The van der Waals surface area contributed by atoms with Crippen LogP contribution in [-0.4, -0.2) is 40.0 Å². The first-order chi connectivity index (χ1) is 13.7. The van der Waals surface area contributed by atoms with E-state index in [9.17, 15) is 9.90 Å². The molecule has 1 amide bonds. The summed E-state index contributed by atoms with van der Waals surface area (Å²) in [6.07, 6.45) is 0.928. The third-order valence-corrected chi connectivity index (χ3v) is 6.81. The zero-order valence-corrected chi connectivity index (χ0v) is 19.1. The number of anilines is 1. The molecule has 1 fully saturated rings. The van der Waals surface area contributed by atoms with Crippen molar-refractivity contribution in [1.29, 1.82) is 0 Å². The number of carbonyl (C=O) groups excluding carboxylic acids is 1. The molecule has 1 saturated heterocycles. The Bertz CT molecular complexity index is 835. The fourth-order valence-electron chi connectivity index (χ4n) is 4.15. The highest BCUT2D eigenvalue weighted by molar-refractivity contribution is 7.13. The molecule has 1 aromatic carbocycles. The fourth-order valence-corrected chi connectivity index (χ4v) is 5.01. The maximum absolute atomic E-state index is 13.4. The van der Waals surface area contributed by atoms with Gasteiger partial charge >= 0.3 is 0 Å². The summed E-state index contributed by atoms with van der Waals surface area (Å²) in [5.74, 6) is 0.629. The highest BCUT2D eigenvalue weighted by Gasteiger charge is 2.40. The summed E-state index contributed by atoms with van der Waals surface area (Å²) in [6, 6.07) is 7.75. The van der Waals surface area contributed by atoms with Gasteiger partial charge in [0.15, 0.2) is 5.13 Å². The van der Waals surface area contributed by atoms with Crippen molar-refractivity contribution in [3.63, 3.8) is 0 Å². The molecule has 1 aliphatic rings. The van der Waals surface area contributed by atoms with Crippen LogP contribution in [0.15, 0.2) is 29.6 Å². The SMILES string of the molecule is CC(C)[C@@H](Nc1nc(CO)cs1)C(=O)N1CCC(c2ccc(Cl)cc2)C(C)(C)C1. The van der Waals surface area contributed by atoms with Gasteiger partial charge in [-0.15, -0.1) is 11.3 Å². The third-order valence-electron chi connectivity index (χ3n) is 5.74. The fraction of sp³-hybridized carbons (Fsp3) is 0.545. The number of hydrogen-bond donors (Lipinski definition) is 2. The minimum Gasteiger partial charge on any atom is -0.390 e. The molecule has 0 bridgehead atoms. The number of likely N-dealkylation sites (tertiary alicyclic amines) is 1. The van der Waals surface area contributed by atoms with E-state index in [1.54, 1.807) is 0 Å². The summed E-state index contributed by atoms with van der Waals surface area (Å²) in [7, 11) is 0. The number of aliphatic hydroxyl groups is 1. The maximum atomic E-state index is 13.4. The Labute approximate surface area is 182 Å². The van der Waals surface area contributed by atoms with E-state index in [2.05, 4.69) is 36.3 Å². The highest BCUT2D eigenvalue weighted by Crippen LogP contribution is 2.42. The molecule has 1 unspecified atom stereocenters. The molecule has 5 nitrogen and oxygen atoms in total. The number of benzene rings is 1. The van der Waals surface area contributed by atoms with Gasteiger partial charge in [0, 0.05) is 23.5 Å². The number of hydrogen-bond acceptors (Lipinski definition) is 5. The van der Waals surface area contributed by atoms with Gasteiger partial charge in [0.2, 0.25) is 5.91 Å². The topological polar surface area (TPSA) is 65.5 Å². The van der Waals surface area contributed by atoms with Crippen molar-refractivity contribution in [2.24, 2.45) is 11.3 Å². The molecule has 2 N–H and O–H groups in total. The van der Waals surface area contributed by atoms with Crippen LogP contribution in [0.5, 0.6) is 0 Å². The maximum Gasteiger partial charge on any atom is 0.245 e. The van der Waals surface area contributed by atoms with E-state index in [1.165, 1.54) is 16.9 Å². The van der Waals surface area contributed by atoms with Crippen molar-refractivity contribution in [3.8, 4) is 0 Å². The van der Waals surface area contributed by atoms with E-state index in [0.29, 0.717) is 23.3 Å².